The fraction of sp³-hybridized carbons (Fsp3) is 0.214. The molecule has 5 heteroatoms. The number of furan rings is 1. The zero-order valence-corrected chi connectivity index (χ0v) is 18.3. The van der Waals surface area contributed by atoms with Gasteiger partial charge in [0, 0.05) is 10.9 Å². The zero-order valence-electron chi connectivity index (χ0n) is 18.3. The molecule has 1 unspecified atom stereocenters. The van der Waals surface area contributed by atoms with Crippen molar-refractivity contribution in [2.24, 2.45) is 0 Å². The maximum atomic E-state index is 13.2. The van der Waals surface area contributed by atoms with E-state index in [1.165, 1.54) is 17.5 Å². The minimum absolute atomic E-state index is 0.0421. The summed E-state index contributed by atoms with van der Waals surface area (Å²) >= 11 is 0. The van der Waals surface area contributed by atoms with Gasteiger partial charge in [0.25, 0.3) is 0 Å². The first-order valence-electron chi connectivity index (χ1n) is 11.5. The third-order valence-corrected chi connectivity index (χ3v) is 6.57. The Labute approximate surface area is 191 Å². The van der Waals surface area contributed by atoms with Gasteiger partial charge in [-0.05, 0) is 66.6 Å². The first kappa shape index (κ1) is 19.8. The van der Waals surface area contributed by atoms with Crippen LogP contribution in [0.1, 0.15) is 40.5 Å². The van der Waals surface area contributed by atoms with E-state index in [-0.39, 0.29) is 18.4 Å². The van der Waals surface area contributed by atoms with E-state index in [1.54, 1.807) is 6.26 Å². The van der Waals surface area contributed by atoms with Gasteiger partial charge in [-0.25, -0.2) is 4.98 Å². The van der Waals surface area contributed by atoms with Crippen LogP contribution in [0.5, 0.6) is 0 Å². The molecule has 33 heavy (non-hydrogen) atoms. The number of aryl methyl sites for hydroxylation is 2. The van der Waals surface area contributed by atoms with E-state index >= 15 is 0 Å². The molecule has 0 bridgehead atoms. The fourth-order valence-electron chi connectivity index (χ4n) is 4.91. The van der Waals surface area contributed by atoms with Crippen molar-refractivity contribution in [3.05, 3.63) is 101 Å². The maximum Gasteiger partial charge on any atom is 0.225 e. The van der Waals surface area contributed by atoms with Crippen molar-refractivity contribution < 1.29 is 9.21 Å². The topological polar surface area (TPSA) is 70.9 Å². The Morgan fingerprint density at radius 3 is 2.67 bits per heavy atom. The highest BCUT2D eigenvalue weighted by Crippen LogP contribution is 2.30. The summed E-state index contributed by atoms with van der Waals surface area (Å²) in [5.74, 6) is 0.725. The van der Waals surface area contributed by atoms with E-state index < -0.39 is 0 Å². The van der Waals surface area contributed by atoms with Crippen molar-refractivity contribution in [2.45, 2.75) is 38.1 Å². The average Bonchev–Trinajstić information content (AvgIpc) is 3.56. The summed E-state index contributed by atoms with van der Waals surface area (Å²) < 4.78 is 5.80. The lowest BCUT2D eigenvalue weighted by atomic mass is 10.0. The molecule has 2 heterocycles. The van der Waals surface area contributed by atoms with E-state index in [0.29, 0.717) is 6.42 Å². The number of nitrogens with one attached hydrogen (secondary N) is 2. The van der Waals surface area contributed by atoms with Crippen molar-refractivity contribution in [1.82, 2.24) is 15.3 Å². The summed E-state index contributed by atoms with van der Waals surface area (Å²) in [6.45, 7) is 0. The zero-order chi connectivity index (χ0) is 22.2. The molecule has 0 spiro atoms. The quantitative estimate of drug-likeness (QED) is 0.373. The number of aromatic amines is 1. The Morgan fingerprint density at radius 2 is 1.82 bits per heavy atom. The number of hydrogen-bond acceptors (Lipinski definition) is 3. The summed E-state index contributed by atoms with van der Waals surface area (Å²) in [6, 6.07) is 22.2. The number of amides is 1. The van der Waals surface area contributed by atoms with Gasteiger partial charge in [0.05, 0.1) is 29.8 Å². The monoisotopic (exact) mass is 435 g/mol. The second kappa shape index (κ2) is 8.24. The molecular weight excluding hydrogens is 410 g/mol. The Hall–Kier alpha value is -3.86. The molecule has 1 amide bonds. The van der Waals surface area contributed by atoms with Gasteiger partial charge >= 0.3 is 0 Å². The minimum Gasteiger partial charge on any atom is -0.464 e. The van der Waals surface area contributed by atoms with Crippen LogP contribution in [-0.2, 0) is 30.5 Å². The summed E-state index contributed by atoms with van der Waals surface area (Å²) in [6.07, 6.45) is 6.07. The second-order valence-corrected chi connectivity index (χ2v) is 8.86. The van der Waals surface area contributed by atoms with Crippen molar-refractivity contribution >= 4 is 27.9 Å². The van der Waals surface area contributed by atoms with Crippen LogP contribution in [0, 0.1) is 0 Å². The lowest BCUT2D eigenvalue weighted by Gasteiger charge is -2.17. The highest BCUT2D eigenvalue weighted by molar-refractivity contribution is 5.89. The van der Waals surface area contributed by atoms with Gasteiger partial charge in [0.1, 0.15) is 11.4 Å². The molecule has 0 aliphatic heterocycles. The molecule has 3 aromatic carbocycles. The number of aromatic nitrogens is 2. The van der Waals surface area contributed by atoms with E-state index in [9.17, 15) is 4.79 Å². The third kappa shape index (κ3) is 3.91. The van der Waals surface area contributed by atoms with Gasteiger partial charge in [-0.1, -0.05) is 42.5 Å². The molecule has 164 valence electrons. The third-order valence-electron chi connectivity index (χ3n) is 6.57. The molecule has 0 radical (unpaired) electrons. The van der Waals surface area contributed by atoms with Gasteiger partial charge in [-0.2, -0.15) is 0 Å². The highest BCUT2D eigenvalue weighted by atomic mass is 16.3. The van der Waals surface area contributed by atoms with Gasteiger partial charge in [0.2, 0.25) is 5.91 Å². The first-order chi connectivity index (χ1) is 16.2. The van der Waals surface area contributed by atoms with Crippen molar-refractivity contribution in [3.8, 4) is 0 Å². The molecule has 2 N–H and O–H groups in total. The fourth-order valence-corrected chi connectivity index (χ4v) is 4.91. The Balaban J connectivity index is 1.27. The molecule has 0 saturated heterocycles. The summed E-state index contributed by atoms with van der Waals surface area (Å²) in [4.78, 5) is 21.3. The summed E-state index contributed by atoms with van der Waals surface area (Å²) in [5, 5.41) is 4.27. The maximum absolute atomic E-state index is 13.2. The van der Waals surface area contributed by atoms with Crippen LogP contribution in [-0.4, -0.2) is 15.9 Å². The lowest BCUT2D eigenvalue weighted by Crippen LogP contribution is -2.31. The van der Waals surface area contributed by atoms with Crippen molar-refractivity contribution in [2.75, 3.05) is 0 Å². The van der Waals surface area contributed by atoms with Gasteiger partial charge < -0.3 is 14.7 Å². The molecule has 1 aliphatic carbocycles. The van der Waals surface area contributed by atoms with E-state index in [0.717, 1.165) is 51.8 Å². The molecule has 5 aromatic rings. The van der Waals surface area contributed by atoms with Crippen LogP contribution in [0.2, 0.25) is 0 Å². The molecule has 6 rings (SSSR count). The van der Waals surface area contributed by atoms with Gasteiger partial charge in [-0.3, -0.25) is 4.79 Å². The number of imidazole rings is 1. The molecular formula is C28H25N3O2. The van der Waals surface area contributed by atoms with E-state index in [1.807, 2.05) is 42.5 Å². The molecule has 2 aromatic heterocycles. The average molecular weight is 436 g/mol. The molecule has 0 saturated carbocycles. The number of carbonyl (C=O) groups excluding carboxylic acids is 1. The number of hydrogen-bond donors (Lipinski definition) is 2. The second-order valence-electron chi connectivity index (χ2n) is 8.86. The number of para-hydroxylation sites is 2. The SMILES string of the molecule is O=C(Cc1coc2cc3c(cc12)CCC3)NC(Cc1ccccc1)c1nc2ccccc2[nH]1. The van der Waals surface area contributed by atoms with E-state index in [4.69, 9.17) is 9.40 Å². The number of carbonyl (C=O) groups is 1. The Morgan fingerprint density at radius 1 is 1.03 bits per heavy atom. The molecule has 5 nitrogen and oxygen atoms in total. The van der Waals surface area contributed by atoms with Crippen LogP contribution in [0.25, 0.3) is 22.0 Å². The Kier molecular flexibility index (Phi) is 4.95. The molecule has 0 fully saturated rings. The molecule has 1 atom stereocenters. The predicted octanol–water partition coefficient (Wildman–Crippen LogP) is 5.44. The smallest absolute Gasteiger partial charge is 0.225 e. The standard InChI is InChI=1S/C28H25N3O2/c32-27(16-21-17-33-26-15-20-10-6-9-19(20)14-22(21)26)29-25(13-18-7-2-1-3-8-18)28-30-23-11-4-5-12-24(23)31-28/h1-5,7-8,11-12,14-15,17,25H,6,9-10,13,16H2,(H,29,32)(H,30,31). The van der Waals surface area contributed by atoms with Crippen molar-refractivity contribution in [1.29, 1.82) is 0 Å². The van der Waals surface area contributed by atoms with Gasteiger partial charge in [-0.15, -0.1) is 0 Å². The van der Waals surface area contributed by atoms with Gasteiger partial charge in [0.15, 0.2) is 0 Å². The molecule has 1 aliphatic rings. The van der Waals surface area contributed by atoms with Crippen LogP contribution in [0.15, 0.2) is 77.4 Å². The Bertz CT molecular complexity index is 1420. The largest absolute Gasteiger partial charge is 0.464 e. The highest BCUT2D eigenvalue weighted by Gasteiger charge is 2.21. The number of benzene rings is 3. The van der Waals surface area contributed by atoms with E-state index in [2.05, 4.69) is 34.6 Å². The number of H-pyrrole nitrogens is 1. The van der Waals surface area contributed by atoms with Crippen LogP contribution in [0.3, 0.4) is 0 Å². The first-order valence-corrected chi connectivity index (χ1v) is 11.5. The number of rotatable bonds is 6. The lowest BCUT2D eigenvalue weighted by molar-refractivity contribution is -0.121. The predicted molar refractivity (Wildman–Crippen MR) is 129 cm³/mol. The minimum atomic E-state index is -0.255. The van der Waals surface area contributed by atoms with Crippen LogP contribution < -0.4 is 5.32 Å². The number of fused-ring (bicyclic) bond motifs is 3. The normalized spacial score (nSPS) is 13.9. The van der Waals surface area contributed by atoms with Crippen molar-refractivity contribution in [3.63, 3.8) is 0 Å². The van der Waals surface area contributed by atoms with Crippen LogP contribution in [0.4, 0.5) is 0 Å². The summed E-state index contributed by atoms with van der Waals surface area (Å²) in [5.41, 5.74) is 7.57. The number of nitrogens with zero attached hydrogens (tertiary/aromatic N) is 1. The van der Waals surface area contributed by atoms with Crippen LogP contribution >= 0.6 is 0 Å². The summed E-state index contributed by atoms with van der Waals surface area (Å²) in [7, 11) is 0.